The third-order valence-corrected chi connectivity index (χ3v) is 5.44. The second kappa shape index (κ2) is 10.7. The molecule has 1 aliphatic heterocycles. The Morgan fingerprint density at radius 2 is 1.81 bits per heavy atom. The van der Waals surface area contributed by atoms with Crippen molar-refractivity contribution in [2.75, 3.05) is 37.9 Å². The average molecular weight is 440 g/mol. The van der Waals surface area contributed by atoms with Crippen LogP contribution < -0.4 is 20.1 Å². The number of likely N-dealkylation sites (tertiary alicyclic amines) is 1. The van der Waals surface area contributed by atoms with Crippen molar-refractivity contribution in [3.05, 3.63) is 48.0 Å². The standard InChI is InChI=1S/C24H29N3O5/c1-4-5-12-27-15-17(13-22(27)28)24(30)25-18-8-6-16(7-9-18)23(29)26-20-14-19(31-2)10-11-21(20)32-3/h6-11,14,17H,4-5,12-13,15H2,1-3H3,(H,25,30)(H,26,29). The van der Waals surface area contributed by atoms with Crippen LogP contribution in [0.15, 0.2) is 42.5 Å². The maximum atomic E-state index is 12.6. The Kier molecular flexibility index (Phi) is 7.70. The largest absolute Gasteiger partial charge is 0.497 e. The number of nitrogens with one attached hydrogen (secondary N) is 2. The number of methoxy groups -OCH3 is 2. The number of carbonyl (C=O) groups is 3. The van der Waals surface area contributed by atoms with Gasteiger partial charge in [-0.2, -0.15) is 0 Å². The van der Waals surface area contributed by atoms with Crippen LogP contribution in [-0.2, 0) is 9.59 Å². The van der Waals surface area contributed by atoms with Crippen LogP contribution in [0.2, 0.25) is 0 Å². The van der Waals surface area contributed by atoms with Crippen LogP contribution in [0.25, 0.3) is 0 Å². The Balaban J connectivity index is 1.60. The Morgan fingerprint density at radius 1 is 1.06 bits per heavy atom. The first-order valence-corrected chi connectivity index (χ1v) is 10.7. The van der Waals surface area contributed by atoms with E-state index in [2.05, 4.69) is 17.6 Å². The van der Waals surface area contributed by atoms with Gasteiger partial charge in [0.25, 0.3) is 5.91 Å². The van der Waals surface area contributed by atoms with Gasteiger partial charge in [-0.25, -0.2) is 0 Å². The number of hydrogen-bond donors (Lipinski definition) is 2. The number of amides is 3. The van der Waals surface area contributed by atoms with E-state index in [4.69, 9.17) is 9.47 Å². The van der Waals surface area contributed by atoms with Crippen LogP contribution in [0, 0.1) is 5.92 Å². The molecule has 1 aliphatic rings. The summed E-state index contributed by atoms with van der Waals surface area (Å²) in [6.45, 7) is 3.22. The molecule has 3 amide bonds. The van der Waals surface area contributed by atoms with Gasteiger partial charge in [-0.05, 0) is 42.8 Å². The molecule has 170 valence electrons. The number of anilines is 2. The molecule has 0 aliphatic carbocycles. The Morgan fingerprint density at radius 3 is 2.47 bits per heavy atom. The SMILES string of the molecule is CCCCN1CC(C(=O)Nc2ccc(C(=O)Nc3cc(OC)ccc3OC)cc2)CC1=O. The lowest BCUT2D eigenvalue weighted by molar-refractivity contribution is -0.128. The van der Waals surface area contributed by atoms with Crippen LogP contribution in [0.3, 0.4) is 0 Å². The van der Waals surface area contributed by atoms with Crippen LogP contribution in [-0.4, -0.2) is 49.9 Å². The minimum Gasteiger partial charge on any atom is -0.497 e. The van der Waals surface area contributed by atoms with Gasteiger partial charge in [-0.15, -0.1) is 0 Å². The van der Waals surface area contributed by atoms with Gasteiger partial charge in [0.2, 0.25) is 11.8 Å². The van der Waals surface area contributed by atoms with Crippen LogP contribution >= 0.6 is 0 Å². The maximum Gasteiger partial charge on any atom is 0.255 e. The summed E-state index contributed by atoms with van der Waals surface area (Å²) in [5, 5.41) is 5.65. The summed E-state index contributed by atoms with van der Waals surface area (Å²) in [7, 11) is 3.07. The van der Waals surface area contributed by atoms with Crippen molar-refractivity contribution < 1.29 is 23.9 Å². The Hall–Kier alpha value is -3.55. The highest BCUT2D eigenvalue weighted by atomic mass is 16.5. The maximum absolute atomic E-state index is 12.6. The molecule has 2 aromatic rings. The van der Waals surface area contributed by atoms with Crippen LogP contribution in [0.4, 0.5) is 11.4 Å². The highest BCUT2D eigenvalue weighted by molar-refractivity contribution is 6.05. The van der Waals surface area contributed by atoms with Crippen molar-refractivity contribution >= 4 is 29.1 Å². The molecule has 32 heavy (non-hydrogen) atoms. The van der Waals surface area contributed by atoms with Crippen molar-refractivity contribution in [2.24, 2.45) is 5.92 Å². The molecule has 1 atom stereocenters. The molecule has 0 bridgehead atoms. The van der Waals surface area contributed by atoms with Crippen molar-refractivity contribution in [3.63, 3.8) is 0 Å². The van der Waals surface area contributed by atoms with E-state index in [1.54, 1.807) is 54.5 Å². The lowest BCUT2D eigenvalue weighted by Gasteiger charge is -2.16. The fourth-order valence-electron chi connectivity index (χ4n) is 3.57. The van der Waals surface area contributed by atoms with Gasteiger partial charge in [0, 0.05) is 36.8 Å². The van der Waals surface area contributed by atoms with E-state index in [0.717, 1.165) is 12.8 Å². The summed E-state index contributed by atoms with van der Waals surface area (Å²) in [4.78, 5) is 39.1. The monoisotopic (exact) mass is 439 g/mol. The molecule has 2 N–H and O–H groups in total. The lowest BCUT2D eigenvalue weighted by Crippen LogP contribution is -2.29. The van der Waals surface area contributed by atoms with E-state index in [9.17, 15) is 14.4 Å². The van der Waals surface area contributed by atoms with Gasteiger partial charge in [0.1, 0.15) is 11.5 Å². The van der Waals surface area contributed by atoms with Gasteiger partial charge in [-0.1, -0.05) is 13.3 Å². The molecule has 8 heteroatoms. The minimum atomic E-state index is -0.358. The summed E-state index contributed by atoms with van der Waals surface area (Å²) in [6, 6.07) is 11.7. The van der Waals surface area contributed by atoms with Crippen molar-refractivity contribution in [1.82, 2.24) is 4.90 Å². The third kappa shape index (κ3) is 5.57. The Bertz CT molecular complexity index is 974. The van der Waals surface area contributed by atoms with E-state index < -0.39 is 0 Å². The molecular weight excluding hydrogens is 410 g/mol. The molecule has 0 aromatic heterocycles. The number of unbranched alkanes of at least 4 members (excludes halogenated alkanes) is 1. The third-order valence-electron chi connectivity index (χ3n) is 5.44. The number of hydrogen-bond acceptors (Lipinski definition) is 5. The predicted octanol–water partition coefficient (Wildman–Crippen LogP) is 3.54. The van der Waals surface area contributed by atoms with Gasteiger partial charge >= 0.3 is 0 Å². The van der Waals surface area contributed by atoms with Crippen molar-refractivity contribution in [2.45, 2.75) is 26.2 Å². The van der Waals surface area contributed by atoms with Crippen molar-refractivity contribution in [3.8, 4) is 11.5 Å². The normalized spacial score (nSPS) is 15.4. The zero-order chi connectivity index (χ0) is 23.1. The lowest BCUT2D eigenvalue weighted by atomic mass is 10.1. The average Bonchev–Trinajstić information content (AvgIpc) is 3.18. The highest BCUT2D eigenvalue weighted by Crippen LogP contribution is 2.29. The van der Waals surface area contributed by atoms with Crippen LogP contribution in [0.1, 0.15) is 36.5 Å². The number of carbonyl (C=O) groups excluding carboxylic acids is 3. The molecule has 0 spiro atoms. The van der Waals surface area contributed by atoms with Gasteiger partial charge in [-0.3, -0.25) is 14.4 Å². The summed E-state index contributed by atoms with van der Waals surface area (Å²) >= 11 is 0. The van der Waals surface area contributed by atoms with E-state index in [0.29, 0.717) is 41.5 Å². The van der Waals surface area contributed by atoms with E-state index in [1.165, 1.54) is 7.11 Å². The Labute approximate surface area is 187 Å². The molecule has 8 nitrogen and oxygen atoms in total. The fourth-order valence-corrected chi connectivity index (χ4v) is 3.57. The molecule has 2 aromatic carbocycles. The van der Waals surface area contributed by atoms with Crippen LogP contribution in [0.5, 0.6) is 11.5 Å². The highest BCUT2D eigenvalue weighted by Gasteiger charge is 2.33. The molecule has 0 radical (unpaired) electrons. The molecule has 0 saturated carbocycles. The second-order valence-corrected chi connectivity index (χ2v) is 7.68. The summed E-state index contributed by atoms with van der Waals surface area (Å²) in [5.74, 6) is 0.277. The van der Waals surface area contributed by atoms with Gasteiger partial charge in [0.15, 0.2) is 0 Å². The zero-order valence-electron chi connectivity index (χ0n) is 18.6. The fraction of sp³-hybridized carbons (Fsp3) is 0.375. The van der Waals surface area contributed by atoms with Crippen molar-refractivity contribution in [1.29, 1.82) is 0 Å². The molecule has 1 heterocycles. The molecule has 3 rings (SSSR count). The van der Waals surface area contributed by atoms with Gasteiger partial charge < -0.3 is 25.0 Å². The number of nitrogens with zero attached hydrogens (tertiary/aromatic N) is 1. The summed E-state index contributed by atoms with van der Waals surface area (Å²) in [5.41, 5.74) is 1.49. The first kappa shape index (κ1) is 23.1. The first-order chi connectivity index (χ1) is 15.4. The number of benzene rings is 2. The topological polar surface area (TPSA) is 97.0 Å². The molecule has 1 fully saturated rings. The molecule has 1 unspecified atom stereocenters. The van der Waals surface area contributed by atoms with Gasteiger partial charge in [0.05, 0.1) is 25.8 Å². The smallest absolute Gasteiger partial charge is 0.255 e. The van der Waals surface area contributed by atoms with E-state index in [-0.39, 0.29) is 30.1 Å². The van der Waals surface area contributed by atoms with E-state index >= 15 is 0 Å². The summed E-state index contributed by atoms with van der Waals surface area (Å²) in [6.07, 6.45) is 2.18. The number of ether oxygens (including phenoxy) is 2. The molecule has 1 saturated heterocycles. The predicted molar refractivity (Wildman–Crippen MR) is 122 cm³/mol. The summed E-state index contributed by atoms with van der Waals surface area (Å²) < 4.78 is 10.5. The minimum absolute atomic E-state index is 0.0265. The number of rotatable bonds is 9. The second-order valence-electron chi connectivity index (χ2n) is 7.68. The quantitative estimate of drug-likeness (QED) is 0.623. The van der Waals surface area contributed by atoms with E-state index in [1.807, 2.05) is 0 Å². The zero-order valence-corrected chi connectivity index (χ0v) is 18.6. The first-order valence-electron chi connectivity index (χ1n) is 10.7. The molecular formula is C24H29N3O5.